The van der Waals surface area contributed by atoms with Gasteiger partial charge < -0.3 is 15.4 Å². The van der Waals surface area contributed by atoms with E-state index in [1.807, 2.05) is 0 Å². The molecule has 0 heterocycles. The van der Waals surface area contributed by atoms with Gasteiger partial charge in [-0.1, -0.05) is 19.8 Å². The Balaban J connectivity index is 1.49. The van der Waals surface area contributed by atoms with E-state index in [1.54, 1.807) is 20.8 Å². The molecule has 5 nitrogen and oxygen atoms in total. The van der Waals surface area contributed by atoms with Gasteiger partial charge in [0.1, 0.15) is 5.60 Å². The van der Waals surface area contributed by atoms with Crippen LogP contribution in [0.5, 0.6) is 0 Å². The molecule has 2 saturated carbocycles. The summed E-state index contributed by atoms with van der Waals surface area (Å²) >= 11 is 0. The standard InChI is InChI=1S/C22H39FN2O3/c1-16-14-17(16)15-22(11-9-12-22)25-20(27)24-13-8-6-5-7-10-18(23)19(26)28-21(2,3)4/h16-18H,5-15H2,1-4H3,(H2,24,25,27)/t16-,17?,18?/m0/s1. The Morgan fingerprint density at radius 2 is 1.82 bits per heavy atom. The summed E-state index contributed by atoms with van der Waals surface area (Å²) < 4.78 is 18.8. The predicted octanol–water partition coefficient (Wildman–Crippen LogP) is 4.88. The van der Waals surface area contributed by atoms with Crippen molar-refractivity contribution in [3.05, 3.63) is 0 Å². The minimum Gasteiger partial charge on any atom is -0.458 e. The Hall–Kier alpha value is -1.33. The van der Waals surface area contributed by atoms with E-state index in [0.717, 1.165) is 50.4 Å². The highest BCUT2D eigenvalue weighted by Crippen LogP contribution is 2.48. The second-order valence-corrected chi connectivity index (χ2v) is 9.90. The number of amides is 2. The van der Waals surface area contributed by atoms with Gasteiger partial charge in [-0.2, -0.15) is 0 Å². The third-order valence-electron chi connectivity index (χ3n) is 5.95. The lowest BCUT2D eigenvalue weighted by atomic mass is 9.73. The average molecular weight is 399 g/mol. The number of halogens is 1. The van der Waals surface area contributed by atoms with E-state index in [-0.39, 0.29) is 18.0 Å². The van der Waals surface area contributed by atoms with Gasteiger partial charge in [0.15, 0.2) is 6.17 Å². The van der Waals surface area contributed by atoms with Gasteiger partial charge in [-0.3, -0.25) is 0 Å². The monoisotopic (exact) mass is 398 g/mol. The van der Waals surface area contributed by atoms with Crippen molar-refractivity contribution in [1.82, 2.24) is 10.6 Å². The second kappa shape index (κ2) is 9.93. The van der Waals surface area contributed by atoms with E-state index in [1.165, 1.54) is 12.8 Å². The lowest BCUT2D eigenvalue weighted by molar-refractivity contribution is -0.161. The highest BCUT2D eigenvalue weighted by atomic mass is 19.1. The highest BCUT2D eigenvalue weighted by molar-refractivity contribution is 5.75. The topological polar surface area (TPSA) is 67.4 Å². The first-order valence-corrected chi connectivity index (χ1v) is 11.0. The van der Waals surface area contributed by atoms with Crippen LogP contribution >= 0.6 is 0 Å². The average Bonchev–Trinajstić information content (AvgIpc) is 3.24. The van der Waals surface area contributed by atoms with Crippen molar-refractivity contribution in [3.63, 3.8) is 0 Å². The summed E-state index contributed by atoms with van der Waals surface area (Å²) in [6.07, 6.45) is 7.77. The molecule has 2 aliphatic carbocycles. The SMILES string of the molecule is C[C@H]1CC1CC1(NC(=O)NCCCCCCC(F)C(=O)OC(C)(C)C)CCC1. The molecule has 2 fully saturated rings. The van der Waals surface area contributed by atoms with Crippen LogP contribution in [0.3, 0.4) is 0 Å². The van der Waals surface area contributed by atoms with E-state index in [9.17, 15) is 14.0 Å². The molecule has 2 amide bonds. The van der Waals surface area contributed by atoms with Crippen LogP contribution in [-0.4, -0.2) is 35.9 Å². The fourth-order valence-electron chi connectivity index (χ4n) is 3.94. The van der Waals surface area contributed by atoms with Crippen LogP contribution in [0.25, 0.3) is 0 Å². The smallest absolute Gasteiger partial charge is 0.341 e. The minimum absolute atomic E-state index is 0.0390. The molecule has 0 aliphatic heterocycles. The van der Waals surface area contributed by atoms with Crippen LogP contribution < -0.4 is 10.6 Å². The Kier molecular flexibility index (Phi) is 8.14. The molecular weight excluding hydrogens is 359 g/mol. The number of unbranched alkanes of at least 4 members (excludes halogenated alkanes) is 3. The predicted molar refractivity (Wildman–Crippen MR) is 109 cm³/mol. The maximum Gasteiger partial charge on any atom is 0.341 e. The van der Waals surface area contributed by atoms with Crippen molar-refractivity contribution < 1.29 is 18.7 Å². The van der Waals surface area contributed by atoms with Crippen molar-refractivity contribution in [2.24, 2.45) is 11.8 Å². The van der Waals surface area contributed by atoms with Gasteiger partial charge in [0.2, 0.25) is 0 Å². The van der Waals surface area contributed by atoms with Gasteiger partial charge in [-0.05, 0) is 84.0 Å². The lowest BCUT2D eigenvalue weighted by Gasteiger charge is -2.43. The molecule has 6 heteroatoms. The van der Waals surface area contributed by atoms with E-state index in [2.05, 4.69) is 17.6 Å². The molecule has 162 valence electrons. The number of hydrogen-bond donors (Lipinski definition) is 2. The van der Waals surface area contributed by atoms with Gasteiger partial charge in [-0.15, -0.1) is 0 Å². The maximum absolute atomic E-state index is 13.8. The third-order valence-corrected chi connectivity index (χ3v) is 5.95. The molecule has 0 aromatic carbocycles. The Morgan fingerprint density at radius 1 is 1.18 bits per heavy atom. The molecule has 0 aromatic heterocycles. The number of alkyl halides is 1. The fourth-order valence-corrected chi connectivity index (χ4v) is 3.94. The Morgan fingerprint density at radius 3 is 2.36 bits per heavy atom. The van der Waals surface area contributed by atoms with Crippen molar-refractivity contribution in [3.8, 4) is 0 Å². The molecule has 28 heavy (non-hydrogen) atoms. The molecule has 0 bridgehead atoms. The summed E-state index contributed by atoms with van der Waals surface area (Å²) in [7, 11) is 0. The molecule has 0 aromatic rings. The highest BCUT2D eigenvalue weighted by Gasteiger charge is 2.45. The largest absolute Gasteiger partial charge is 0.458 e. The number of nitrogens with one attached hydrogen (secondary N) is 2. The summed E-state index contributed by atoms with van der Waals surface area (Å²) in [5.74, 6) is 0.846. The summed E-state index contributed by atoms with van der Waals surface area (Å²) in [4.78, 5) is 23.8. The van der Waals surface area contributed by atoms with Crippen molar-refractivity contribution >= 4 is 12.0 Å². The molecule has 2 N–H and O–H groups in total. The number of ether oxygens (including phenoxy) is 1. The van der Waals surface area contributed by atoms with Crippen LogP contribution in [0, 0.1) is 11.8 Å². The summed E-state index contributed by atoms with van der Waals surface area (Å²) in [6.45, 7) is 8.13. The summed E-state index contributed by atoms with van der Waals surface area (Å²) in [5, 5.41) is 6.18. The van der Waals surface area contributed by atoms with Crippen molar-refractivity contribution in [1.29, 1.82) is 0 Å². The number of carbonyl (C=O) groups excluding carboxylic acids is 2. The Bertz CT molecular complexity index is 528. The van der Waals surface area contributed by atoms with Crippen LogP contribution in [0.2, 0.25) is 0 Å². The Labute approximate surface area is 169 Å². The second-order valence-electron chi connectivity index (χ2n) is 9.90. The molecule has 3 atom stereocenters. The molecule has 2 rings (SSSR count). The normalized spacial score (nSPS) is 24.0. The zero-order chi connectivity index (χ0) is 20.8. The number of rotatable bonds is 11. The first-order valence-electron chi connectivity index (χ1n) is 11.0. The molecule has 0 saturated heterocycles. The zero-order valence-corrected chi connectivity index (χ0v) is 18.1. The van der Waals surface area contributed by atoms with Gasteiger partial charge >= 0.3 is 12.0 Å². The van der Waals surface area contributed by atoms with Gasteiger partial charge in [0.25, 0.3) is 0 Å². The van der Waals surface area contributed by atoms with Crippen LogP contribution in [-0.2, 0) is 9.53 Å². The first-order chi connectivity index (χ1) is 13.1. The van der Waals surface area contributed by atoms with E-state index < -0.39 is 17.7 Å². The maximum atomic E-state index is 13.8. The van der Waals surface area contributed by atoms with E-state index >= 15 is 0 Å². The molecule has 0 radical (unpaired) electrons. The molecule has 0 spiro atoms. The fraction of sp³-hybridized carbons (Fsp3) is 0.909. The number of esters is 1. The lowest BCUT2D eigenvalue weighted by Crippen LogP contribution is -2.56. The summed E-state index contributed by atoms with van der Waals surface area (Å²) in [5.41, 5.74) is -0.611. The van der Waals surface area contributed by atoms with E-state index in [0.29, 0.717) is 13.0 Å². The van der Waals surface area contributed by atoms with Crippen molar-refractivity contribution in [2.75, 3.05) is 6.54 Å². The van der Waals surface area contributed by atoms with Gasteiger partial charge in [-0.25, -0.2) is 14.0 Å². The van der Waals surface area contributed by atoms with Gasteiger partial charge in [0.05, 0.1) is 0 Å². The number of urea groups is 1. The third kappa shape index (κ3) is 7.96. The molecule has 2 aliphatic rings. The number of hydrogen-bond acceptors (Lipinski definition) is 3. The van der Waals surface area contributed by atoms with Crippen LogP contribution in [0.1, 0.15) is 91.9 Å². The van der Waals surface area contributed by atoms with Crippen LogP contribution in [0.15, 0.2) is 0 Å². The first kappa shape index (κ1) is 23.0. The van der Waals surface area contributed by atoms with Crippen molar-refractivity contribution in [2.45, 2.75) is 109 Å². The minimum atomic E-state index is -1.55. The number of carbonyl (C=O) groups is 2. The van der Waals surface area contributed by atoms with Gasteiger partial charge in [0, 0.05) is 12.1 Å². The van der Waals surface area contributed by atoms with Crippen LogP contribution in [0.4, 0.5) is 9.18 Å². The molecular formula is C22H39FN2O3. The van der Waals surface area contributed by atoms with E-state index in [4.69, 9.17) is 4.74 Å². The zero-order valence-electron chi connectivity index (χ0n) is 18.1. The quantitative estimate of drug-likeness (QED) is 0.385. The molecule has 2 unspecified atom stereocenters. The summed E-state index contributed by atoms with van der Waals surface area (Å²) in [6, 6.07) is -0.0539.